The molecule has 0 aliphatic carbocycles. The van der Waals surface area contributed by atoms with Gasteiger partial charge >= 0.3 is 0 Å². The van der Waals surface area contributed by atoms with E-state index in [0.29, 0.717) is 5.01 Å². The first-order chi connectivity index (χ1) is 12.3. The minimum absolute atomic E-state index is 0.0139. The molecule has 0 fully saturated rings. The molecular formula is C19H21N3O2S2. The minimum Gasteiger partial charge on any atom is -0.265 e. The molecule has 0 saturated heterocycles. The zero-order valence-electron chi connectivity index (χ0n) is 14.9. The molecule has 0 unspecified atom stereocenters. The molecule has 26 heavy (non-hydrogen) atoms. The number of thiazole rings is 1. The smallest absolute Gasteiger partial charge is 0.240 e. The van der Waals surface area contributed by atoms with E-state index >= 15 is 0 Å². The monoisotopic (exact) mass is 387 g/mol. The Morgan fingerprint density at radius 3 is 2.31 bits per heavy atom. The van der Waals surface area contributed by atoms with Gasteiger partial charge in [0, 0.05) is 23.3 Å². The van der Waals surface area contributed by atoms with Gasteiger partial charge in [-0.2, -0.15) is 0 Å². The third-order valence-electron chi connectivity index (χ3n) is 3.97. The highest BCUT2D eigenvalue weighted by molar-refractivity contribution is 7.89. The number of aromatic nitrogens is 2. The lowest BCUT2D eigenvalue weighted by Gasteiger charge is -2.19. The molecule has 7 heteroatoms. The average Bonchev–Trinajstić information content (AvgIpc) is 3.09. The molecular weight excluding hydrogens is 366 g/mol. The van der Waals surface area contributed by atoms with Crippen LogP contribution in [-0.2, 0) is 22.0 Å². The summed E-state index contributed by atoms with van der Waals surface area (Å²) in [7, 11) is -3.57. The molecule has 5 nitrogen and oxygen atoms in total. The number of hydrogen-bond acceptors (Lipinski definition) is 5. The predicted octanol–water partition coefficient (Wildman–Crippen LogP) is 3.98. The second kappa shape index (κ2) is 7.26. The predicted molar refractivity (Wildman–Crippen MR) is 105 cm³/mol. The van der Waals surface area contributed by atoms with E-state index in [1.54, 1.807) is 24.5 Å². The van der Waals surface area contributed by atoms with E-state index in [2.05, 4.69) is 35.5 Å². The van der Waals surface area contributed by atoms with Gasteiger partial charge in [-0.1, -0.05) is 32.9 Å². The van der Waals surface area contributed by atoms with E-state index in [1.165, 1.54) is 11.3 Å². The molecule has 0 saturated carbocycles. The van der Waals surface area contributed by atoms with Crippen LogP contribution in [0.25, 0.3) is 11.3 Å². The van der Waals surface area contributed by atoms with Crippen LogP contribution in [0.3, 0.4) is 0 Å². The van der Waals surface area contributed by atoms with E-state index < -0.39 is 10.0 Å². The normalized spacial score (nSPS) is 12.3. The van der Waals surface area contributed by atoms with Crippen LogP contribution in [0.4, 0.5) is 0 Å². The van der Waals surface area contributed by atoms with Gasteiger partial charge < -0.3 is 0 Å². The summed E-state index contributed by atoms with van der Waals surface area (Å²) in [6.07, 6.45) is 3.41. The van der Waals surface area contributed by atoms with Crippen LogP contribution in [0.5, 0.6) is 0 Å². The van der Waals surface area contributed by atoms with Crippen molar-refractivity contribution >= 4 is 21.4 Å². The standard InChI is InChI=1S/C19H21N3O2S2/c1-19(2,3)15-4-6-16(7-5-15)26(23,24)21-12-18-22-17(13-25-18)14-8-10-20-11-9-14/h4-11,13,21H,12H2,1-3H3. The summed E-state index contributed by atoms with van der Waals surface area (Å²) in [6, 6.07) is 10.8. The number of sulfonamides is 1. The van der Waals surface area contributed by atoms with E-state index in [4.69, 9.17) is 0 Å². The molecule has 3 rings (SSSR count). The Hall–Kier alpha value is -2.09. The number of benzene rings is 1. The first-order valence-corrected chi connectivity index (χ1v) is 10.6. The molecule has 2 aromatic heterocycles. The van der Waals surface area contributed by atoms with Crippen molar-refractivity contribution in [2.24, 2.45) is 0 Å². The summed E-state index contributed by atoms with van der Waals surface area (Å²) in [6.45, 7) is 6.45. The molecule has 1 aromatic carbocycles. The number of hydrogen-bond donors (Lipinski definition) is 1. The van der Waals surface area contributed by atoms with Gasteiger partial charge in [-0.05, 0) is 35.2 Å². The lowest BCUT2D eigenvalue weighted by atomic mass is 9.87. The van der Waals surface area contributed by atoms with E-state index in [0.717, 1.165) is 16.8 Å². The zero-order chi connectivity index (χ0) is 18.8. The van der Waals surface area contributed by atoms with E-state index in [-0.39, 0.29) is 16.9 Å². The highest BCUT2D eigenvalue weighted by Gasteiger charge is 2.18. The second-order valence-electron chi connectivity index (χ2n) is 6.96. The molecule has 0 atom stereocenters. The zero-order valence-corrected chi connectivity index (χ0v) is 16.6. The summed E-state index contributed by atoms with van der Waals surface area (Å²) in [5.41, 5.74) is 2.86. The number of nitrogens with zero attached hydrogens (tertiary/aromatic N) is 2. The SMILES string of the molecule is CC(C)(C)c1ccc(S(=O)(=O)NCc2nc(-c3ccncc3)cs2)cc1. The summed E-state index contributed by atoms with van der Waals surface area (Å²) in [5.74, 6) is 0. The van der Waals surface area contributed by atoms with Crippen LogP contribution < -0.4 is 4.72 Å². The number of rotatable bonds is 5. The molecule has 1 N–H and O–H groups in total. The molecule has 136 valence electrons. The Morgan fingerprint density at radius 1 is 1.04 bits per heavy atom. The van der Waals surface area contributed by atoms with Gasteiger partial charge in [-0.25, -0.2) is 18.1 Å². The van der Waals surface area contributed by atoms with Gasteiger partial charge in [-0.3, -0.25) is 4.98 Å². The Labute approximate surface area is 158 Å². The lowest BCUT2D eigenvalue weighted by Crippen LogP contribution is -2.23. The number of nitrogens with one attached hydrogen (secondary N) is 1. The van der Waals surface area contributed by atoms with Crippen molar-refractivity contribution < 1.29 is 8.42 Å². The third-order valence-corrected chi connectivity index (χ3v) is 6.24. The Bertz CT molecular complexity index is 974. The molecule has 0 radical (unpaired) electrons. The van der Waals surface area contributed by atoms with Crippen molar-refractivity contribution in [3.8, 4) is 11.3 Å². The molecule has 0 spiro atoms. The number of pyridine rings is 1. The maximum Gasteiger partial charge on any atom is 0.240 e. The van der Waals surface area contributed by atoms with E-state index in [9.17, 15) is 8.42 Å². The van der Waals surface area contributed by atoms with Crippen molar-refractivity contribution in [2.75, 3.05) is 0 Å². The molecule has 0 bridgehead atoms. The Morgan fingerprint density at radius 2 is 1.69 bits per heavy atom. The van der Waals surface area contributed by atoms with Gasteiger partial charge in [0.05, 0.1) is 17.1 Å². The van der Waals surface area contributed by atoms with Crippen LogP contribution in [0.15, 0.2) is 59.1 Å². The van der Waals surface area contributed by atoms with Crippen molar-refractivity contribution in [1.82, 2.24) is 14.7 Å². The van der Waals surface area contributed by atoms with Gasteiger partial charge in [0.15, 0.2) is 0 Å². The fourth-order valence-electron chi connectivity index (χ4n) is 2.42. The molecule has 2 heterocycles. The summed E-state index contributed by atoms with van der Waals surface area (Å²) in [4.78, 5) is 8.73. The quantitative estimate of drug-likeness (QED) is 0.719. The van der Waals surface area contributed by atoms with Crippen molar-refractivity contribution in [3.05, 3.63) is 64.7 Å². The van der Waals surface area contributed by atoms with Gasteiger partial charge in [0.2, 0.25) is 10.0 Å². The minimum atomic E-state index is -3.57. The van der Waals surface area contributed by atoms with Gasteiger partial charge in [-0.15, -0.1) is 11.3 Å². The van der Waals surface area contributed by atoms with Crippen molar-refractivity contribution in [2.45, 2.75) is 37.6 Å². The largest absolute Gasteiger partial charge is 0.265 e. The van der Waals surface area contributed by atoms with Crippen LogP contribution >= 0.6 is 11.3 Å². The highest BCUT2D eigenvalue weighted by Crippen LogP contribution is 2.24. The van der Waals surface area contributed by atoms with Crippen LogP contribution in [0.1, 0.15) is 31.3 Å². The van der Waals surface area contributed by atoms with Crippen molar-refractivity contribution in [1.29, 1.82) is 0 Å². The molecule has 3 aromatic rings. The fraction of sp³-hybridized carbons (Fsp3) is 0.263. The molecule has 0 aliphatic rings. The van der Waals surface area contributed by atoms with Gasteiger partial charge in [0.25, 0.3) is 0 Å². The second-order valence-corrected chi connectivity index (χ2v) is 9.67. The average molecular weight is 388 g/mol. The van der Waals surface area contributed by atoms with Crippen LogP contribution in [0.2, 0.25) is 0 Å². The lowest BCUT2D eigenvalue weighted by molar-refractivity contribution is 0.578. The Balaban J connectivity index is 1.70. The van der Waals surface area contributed by atoms with Gasteiger partial charge in [0.1, 0.15) is 5.01 Å². The Kier molecular flexibility index (Phi) is 5.22. The maximum absolute atomic E-state index is 12.5. The maximum atomic E-state index is 12.5. The summed E-state index contributed by atoms with van der Waals surface area (Å²) in [5, 5.41) is 2.63. The highest BCUT2D eigenvalue weighted by atomic mass is 32.2. The summed E-state index contributed by atoms with van der Waals surface area (Å²) >= 11 is 1.43. The third kappa shape index (κ3) is 4.35. The summed E-state index contributed by atoms with van der Waals surface area (Å²) < 4.78 is 27.6. The van der Waals surface area contributed by atoms with Crippen LogP contribution in [0, 0.1) is 0 Å². The van der Waals surface area contributed by atoms with E-state index in [1.807, 2.05) is 29.6 Å². The molecule has 0 aliphatic heterocycles. The first-order valence-electron chi connectivity index (χ1n) is 8.21. The van der Waals surface area contributed by atoms with Crippen molar-refractivity contribution in [3.63, 3.8) is 0 Å². The molecule has 0 amide bonds. The topological polar surface area (TPSA) is 72.0 Å². The fourth-order valence-corrected chi connectivity index (χ4v) is 4.24. The van der Waals surface area contributed by atoms with Crippen LogP contribution in [-0.4, -0.2) is 18.4 Å². The first kappa shape index (κ1) is 18.7.